The van der Waals surface area contributed by atoms with Crippen LogP contribution in [0.2, 0.25) is 0 Å². The number of anilines is 2. The van der Waals surface area contributed by atoms with Crippen LogP contribution in [0.1, 0.15) is 15.9 Å². The Kier molecular flexibility index (Phi) is 5.01. The summed E-state index contributed by atoms with van der Waals surface area (Å²) >= 11 is 8.23. The molecule has 0 radical (unpaired) electrons. The van der Waals surface area contributed by atoms with Gasteiger partial charge in [0.1, 0.15) is 10.7 Å². The number of amides is 2. The number of carboxylic acid groups (broad SMARTS) is 1. The first-order valence-electron chi connectivity index (χ1n) is 7.42. The van der Waals surface area contributed by atoms with E-state index in [0.717, 1.165) is 14.0 Å². The molecule has 2 aromatic rings. The Bertz CT molecular complexity index is 970. The zero-order chi connectivity index (χ0) is 19.0. The van der Waals surface area contributed by atoms with Crippen LogP contribution in [0.5, 0.6) is 0 Å². The van der Waals surface area contributed by atoms with Crippen molar-refractivity contribution in [2.24, 2.45) is 0 Å². The van der Waals surface area contributed by atoms with Crippen LogP contribution in [0.25, 0.3) is 0 Å². The Labute approximate surface area is 167 Å². The Balaban J connectivity index is 1.90. The number of carboxylic acids is 1. The molecule has 0 aliphatic carbocycles. The number of aromatic carboxylic acids is 1. The smallest absolute Gasteiger partial charge is 0.283 e. The largest absolute Gasteiger partial charge is 0.545 e. The number of hydrogen-bond acceptors (Lipinski definition) is 5. The average Bonchev–Trinajstić information content (AvgIpc) is 2.80. The Morgan fingerprint density at radius 3 is 2.35 bits per heavy atom. The van der Waals surface area contributed by atoms with E-state index in [-0.39, 0.29) is 16.3 Å². The van der Waals surface area contributed by atoms with Gasteiger partial charge in [-0.2, -0.15) is 0 Å². The summed E-state index contributed by atoms with van der Waals surface area (Å²) in [5.74, 6) is -2.50. The van der Waals surface area contributed by atoms with Crippen LogP contribution in [0, 0.1) is 10.5 Å². The maximum absolute atomic E-state index is 12.7. The van der Waals surface area contributed by atoms with E-state index in [4.69, 9.17) is 11.6 Å². The Hall–Kier alpha value is -2.39. The SMILES string of the molecule is Cc1cc(I)ccc1N1C(=O)C(Cl)=C(Nc2ccc(C(=O)[O-])cc2)C1=O. The van der Waals surface area contributed by atoms with Gasteiger partial charge in [0.05, 0.1) is 11.7 Å². The van der Waals surface area contributed by atoms with E-state index in [0.29, 0.717) is 11.4 Å². The molecule has 6 nitrogen and oxygen atoms in total. The highest BCUT2D eigenvalue weighted by atomic mass is 127. The monoisotopic (exact) mass is 481 g/mol. The lowest BCUT2D eigenvalue weighted by Gasteiger charge is -2.17. The van der Waals surface area contributed by atoms with Crippen molar-refractivity contribution in [3.05, 3.63) is 67.9 Å². The highest BCUT2D eigenvalue weighted by Gasteiger charge is 2.39. The van der Waals surface area contributed by atoms with Crippen LogP contribution in [-0.4, -0.2) is 17.8 Å². The van der Waals surface area contributed by atoms with Gasteiger partial charge in [0, 0.05) is 9.26 Å². The van der Waals surface area contributed by atoms with Crippen molar-refractivity contribution in [2.45, 2.75) is 6.92 Å². The summed E-state index contributed by atoms with van der Waals surface area (Å²) < 4.78 is 0.980. The summed E-state index contributed by atoms with van der Waals surface area (Å²) in [5.41, 5.74) is 1.59. The zero-order valence-corrected chi connectivity index (χ0v) is 16.3. The number of imide groups is 1. The summed E-state index contributed by atoms with van der Waals surface area (Å²) in [5, 5.41) is 13.4. The molecule has 2 aromatic carbocycles. The summed E-state index contributed by atoms with van der Waals surface area (Å²) in [6.45, 7) is 1.80. The minimum atomic E-state index is -1.30. The molecule has 0 spiro atoms. The van der Waals surface area contributed by atoms with Gasteiger partial charge in [-0.1, -0.05) is 23.7 Å². The second-order valence-electron chi connectivity index (χ2n) is 5.56. The standard InChI is InChI=1S/C18H12ClIN2O4/c1-9-8-11(20)4-7-13(9)22-16(23)14(19)15(17(22)24)21-12-5-2-10(3-6-12)18(25)26/h2-8,21H,1H3,(H,25,26)/p-1. The molecule has 1 N–H and O–H groups in total. The number of nitrogens with one attached hydrogen (secondary N) is 1. The summed E-state index contributed by atoms with van der Waals surface area (Å²) in [7, 11) is 0. The lowest BCUT2D eigenvalue weighted by atomic mass is 10.2. The van der Waals surface area contributed by atoms with Gasteiger partial charge in [-0.05, 0) is 71.0 Å². The van der Waals surface area contributed by atoms with E-state index in [2.05, 4.69) is 27.9 Å². The van der Waals surface area contributed by atoms with Crippen molar-refractivity contribution in [1.29, 1.82) is 0 Å². The van der Waals surface area contributed by atoms with Gasteiger partial charge in [-0.3, -0.25) is 9.59 Å². The third-order valence-corrected chi connectivity index (χ3v) is 4.84. The van der Waals surface area contributed by atoms with Gasteiger partial charge < -0.3 is 15.2 Å². The summed E-state index contributed by atoms with van der Waals surface area (Å²) in [4.78, 5) is 37.0. The molecule has 0 atom stereocenters. The molecule has 3 rings (SSSR count). The number of aryl methyl sites for hydroxylation is 1. The van der Waals surface area contributed by atoms with Gasteiger partial charge in [0.15, 0.2) is 0 Å². The van der Waals surface area contributed by atoms with Crippen molar-refractivity contribution in [3.63, 3.8) is 0 Å². The van der Waals surface area contributed by atoms with Crippen LogP contribution in [0.3, 0.4) is 0 Å². The first kappa shape index (κ1) is 18.4. The summed E-state index contributed by atoms with van der Waals surface area (Å²) in [6.07, 6.45) is 0. The van der Waals surface area contributed by atoms with Crippen LogP contribution in [0.15, 0.2) is 53.2 Å². The lowest BCUT2D eigenvalue weighted by molar-refractivity contribution is -0.255. The molecule has 1 aliphatic rings. The van der Waals surface area contributed by atoms with E-state index < -0.39 is 17.8 Å². The second kappa shape index (κ2) is 7.08. The second-order valence-corrected chi connectivity index (χ2v) is 7.18. The van der Waals surface area contributed by atoms with Crippen molar-refractivity contribution < 1.29 is 19.5 Å². The number of rotatable bonds is 4. The highest BCUT2D eigenvalue weighted by Crippen LogP contribution is 2.32. The van der Waals surface area contributed by atoms with E-state index >= 15 is 0 Å². The number of benzene rings is 2. The van der Waals surface area contributed by atoms with Crippen molar-refractivity contribution in [1.82, 2.24) is 0 Å². The number of nitrogens with zero attached hydrogens (tertiary/aromatic N) is 1. The number of carbonyl (C=O) groups excluding carboxylic acids is 3. The molecule has 0 saturated heterocycles. The van der Waals surface area contributed by atoms with Crippen molar-refractivity contribution in [2.75, 3.05) is 10.2 Å². The number of carbonyl (C=O) groups is 3. The molecule has 0 bridgehead atoms. The number of halogens is 2. The molecule has 0 unspecified atom stereocenters. The predicted octanol–water partition coefficient (Wildman–Crippen LogP) is 2.40. The molecule has 1 aliphatic heterocycles. The van der Waals surface area contributed by atoms with Gasteiger partial charge in [0.2, 0.25) is 0 Å². The molecule has 0 saturated carbocycles. The van der Waals surface area contributed by atoms with Crippen LogP contribution in [-0.2, 0) is 9.59 Å². The van der Waals surface area contributed by atoms with Gasteiger partial charge >= 0.3 is 0 Å². The van der Waals surface area contributed by atoms with Gasteiger partial charge in [0.25, 0.3) is 11.8 Å². The molecule has 2 amide bonds. The fourth-order valence-corrected chi connectivity index (χ4v) is 3.39. The van der Waals surface area contributed by atoms with Crippen LogP contribution < -0.4 is 15.3 Å². The first-order valence-corrected chi connectivity index (χ1v) is 8.88. The molecule has 0 fully saturated rings. The zero-order valence-electron chi connectivity index (χ0n) is 13.4. The van der Waals surface area contributed by atoms with Crippen LogP contribution >= 0.6 is 34.2 Å². The van der Waals surface area contributed by atoms with Gasteiger partial charge in [-0.25, -0.2) is 4.90 Å². The quantitative estimate of drug-likeness (QED) is 0.535. The van der Waals surface area contributed by atoms with Crippen molar-refractivity contribution >= 4 is 63.4 Å². The highest BCUT2D eigenvalue weighted by molar-refractivity contribution is 14.1. The predicted molar refractivity (Wildman–Crippen MR) is 104 cm³/mol. The molecule has 8 heteroatoms. The summed E-state index contributed by atoms with van der Waals surface area (Å²) in [6, 6.07) is 10.9. The molecular formula is C18H11ClIN2O4-. The normalized spacial score (nSPS) is 14.2. The third-order valence-electron chi connectivity index (χ3n) is 3.82. The lowest BCUT2D eigenvalue weighted by Crippen LogP contribution is -2.32. The van der Waals surface area contributed by atoms with Gasteiger partial charge in [-0.15, -0.1) is 0 Å². The minimum absolute atomic E-state index is 0.000547. The number of hydrogen-bond donors (Lipinski definition) is 1. The van der Waals surface area contributed by atoms with E-state index in [1.54, 1.807) is 19.1 Å². The molecule has 0 aromatic heterocycles. The Morgan fingerprint density at radius 1 is 1.12 bits per heavy atom. The Morgan fingerprint density at radius 2 is 1.77 bits per heavy atom. The maximum atomic E-state index is 12.7. The minimum Gasteiger partial charge on any atom is -0.545 e. The average molecular weight is 482 g/mol. The molecule has 1 heterocycles. The topological polar surface area (TPSA) is 89.5 Å². The fraction of sp³-hybridized carbons (Fsp3) is 0.0556. The molecule has 26 heavy (non-hydrogen) atoms. The maximum Gasteiger partial charge on any atom is 0.283 e. The molecule has 132 valence electrons. The first-order chi connectivity index (χ1) is 12.3. The van der Waals surface area contributed by atoms with Crippen molar-refractivity contribution in [3.8, 4) is 0 Å². The third kappa shape index (κ3) is 3.32. The van der Waals surface area contributed by atoms with E-state index in [1.807, 2.05) is 6.07 Å². The van der Waals surface area contributed by atoms with E-state index in [1.165, 1.54) is 24.3 Å². The van der Waals surface area contributed by atoms with E-state index in [9.17, 15) is 19.5 Å². The van der Waals surface area contributed by atoms with Crippen LogP contribution in [0.4, 0.5) is 11.4 Å². The molecular weight excluding hydrogens is 471 g/mol. The fourth-order valence-electron chi connectivity index (χ4n) is 2.53.